The van der Waals surface area contributed by atoms with Crippen LogP contribution in [0.4, 0.5) is 0 Å². The molecule has 0 aromatic heterocycles. The Kier molecular flexibility index (Phi) is 5.67. The summed E-state index contributed by atoms with van der Waals surface area (Å²) in [6, 6.07) is 28.7. The molecule has 0 aliphatic rings. The highest BCUT2D eigenvalue weighted by Crippen LogP contribution is 2.46. The Balaban J connectivity index is 1.84. The lowest BCUT2D eigenvalue weighted by atomic mass is 9.69. The predicted octanol–water partition coefficient (Wildman–Crippen LogP) is 6.79. The first-order chi connectivity index (χ1) is 15.7. The van der Waals surface area contributed by atoms with Crippen molar-refractivity contribution in [2.45, 2.75) is 38.5 Å². The highest BCUT2D eigenvalue weighted by atomic mass is 16.3. The van der Waals surface area contributed by atoms with Crippen molar-refractivity contribution in [3.8, 4) is 17.2 Å². The maximum atomic E-state index is 10.7. The average Bonchev–Trinajstić information content (AvgIpc) is 2.81. The van der Waals surface area contributed by atoms with Crippen LogP contribution in [0.15, 0.2) is 91.0 Å². The van der Waals surface area contributed by atoms with Gasteiger partial charge in [0.15, 0.2) is 0 Å². The molecule has 4 rings (SSSR count). The number of aromatic hydroxyl groups is 3. The quantitative estimate of drug-likeness (QED) is 0.301. The third kappa shape index (κ3) is 3.84. The minimum absolute atomic E-state index is 0.187. The molecule has 0 saturated carbocycles. The standard InChI is InChI=1S/C30H30O3/c1-20-19-23(17-18-26(20)31)29(2,3)21-13-15-22(16-14-21)30(4,24-9-5-7-11-27(24)32)25-10-6-8-12-28(25)33/h5-19,31-33H,1-4H3. The van der Waals surface area contributed by atoms with Crippen LogP contribution >= 0.6 is 0 Å². The highest BCUT2D eigenvalue weighted by molar-refractivity contribution is 5.58. The van der Waals surface area contributed by atoms with Crippen LogP contribution in [0.3, 0.4) is 0 Å². The van der Waals surface area contributed by atoms with Gasteiger partial charge in [0.2, 0.25) is 0 Å². The summed E-state index contributed by atoms with van der Waals surface area (Å²) in [6.07, 6.45) is 0. The molecule has 0 aliphatic heterocycles. The van der Waals surface area contributed by atoms with Gasteiger partial charge in [-0.3, -0.25) is 0 Å². The van der Waals surface area contributed by atoms with Crippen LogP contribution in [0.5, 0.6) is 17.2 Å². The number of para-hydroxylation sites is 2. The molecule has 0 saturated heterocycles. The van der Waals surface area contributed by atoms with Gasteiger partial charge in [0.25, 0.3) is 0 Å². The monoisotopic (exact) mass is 438 g/mol. The first-order valence-corrected chi connectivity index (χ1v) is 11.1. The Morgan fingerprint density at radius 1 is 0.515 bits per heavy atom. The summed E-state index contributed by atoms with van der Waals surface area (Å²) >= 11 is 0. The number of hydrogen-bond acceptors (Lipinski definition) is 3. The molecule has 168 valence electrons. The third-order valence-electron chi connectivity index (χ3n) is 6.99. The van der Waals surface area contributed by atoms with E-state index in [9.17, 15) is 15.3 Å². The van der Waals surface area contributed by atoms with Crippen molar-refractivity contribution in [3.63, 3.8) is 0 Å². The van der Waals surface area contributed by atoms with Crippen molar-refractivity contribution in [2.24, 2.45) is 0 Å². The van der Waals surface area contributed by atoms with Gasteiger partial charge in [-0.25, -0.2) is 0 Å². The van der Waals surface area contributed by atoms with Crippen LogP contribution in [0.25, 0.3) is 0 Å². The molecule has 0 aliphatic carbocycles. The molecule has 0 atom stereocenters. The molecule has 0 fully saturated rings. The first kappa shape index (κ1) is 22.5. The summed E-state index contributed by atoms with van der Waals surface area (Å²) < 4.78 is 0. The Labute approximate surface area is 195 Å². The molecule has 3 nitrogen and oxygen atoms in total. The van der Waals surface area contributed by atoms with E-state index in [2.05, 4.69) is 38.1 Å². The van der Waals surface area contributed by atoms with Crippen molar-refractivity contribution in [2.75, 3.05) is 0 Å². The Bertz CT molecular complexity index is 1240. The van der Waals surface area contributed by atoms with Gasteiger partial charge in [-0.2, -0.15) is 0 Å². The second-order valence-corrected chi connectivity index (χ2v) is 9.36. The Morgan fingerprint density at radius 2 is 0.970 bits per heavy atom. The zero-order chi connectivity index (χ0) is 23.8. The van der Waals surface area contributed by atoms with Crippen molar-refractivity contribution >= 4 is 0 Å². The summed E-state index contributed by atoms with van der Waals surface area (Å²) in [6.45, 7) is 8.26. The van der Waals surface area contributed by atoms with Crippen LogP contribution < -0.4 is 0 Å². The van der Waals surface area contributed by atoms with Gasteiger partial charge in [0.1, 0.15) is 17.2 Å². The summed E-state index contributed by atoms with van der Waals surface area (Å²) in [5.41, 5.74) is 4.50. The van der Waals surface area contributed by atoms with Gasteiger partial charge < -0.3 is 15.3 Å². The van der Waals surface area contributed by atoms with Crippen LogP contribution in [0.1, 0.15) is 54.2 Å². The fourth-order valence-electron chi connectivity index (χ4n) is 4.68. The lowest BCUT2D eigenvalue weighted by Gasteiger charge is -2.34. The maximum Gasteiger partial charge on any atom is 0.120 e. The normalized spacial score (nSPS) is 12.0. The summed E-state index contributed by atoms with van der Waals surface area (Å²) in [7, 11) is 0. The fourth-order valence-corrected chi connectivity index (χ4v) is 4.68. The number of aryl methyl sites for hydroxylation is 1. The molecule has 3 heteroatoms. The average molecular weight is 439 g/mol. The number of phenolic OH excluding ortho intramolecular Hbond substituents is 3. The molecule has 4 aromatic rings. The van der Waals surface area contributed by atoms with Crippen molar-refractivity contribution in [1.29, 1.82) is 0 Å². The van der Waals surface area contributed by atoms with E-state index >= 15 is 0 Å². The van der Waals surface area contributed by atoms with E-state index in [1.54, 1.807) is 30.3 Å². The molecular weight excluding hydrogens is 408 g/mol. The molecule has 0 amide bonds. The lowest BCUT2D eigenvalue weighted by Crippen LogP contribution is -2.26. The smallest absolute Gasteiger partial charge is 0.120 e. The van der Waals surface area contributed by atoms with Gasteiger partial charge in [-0.15, -0.1) is 0 Å². The van der Waals surface area contributed by atoms with Crippen LogP contribution in [0, 0.1) is 6.92 Å². The maximum absolute atomic E-state index is 10.7. The van der Waals surface area contributed by atoms with E-state index in [0.29, 0.717) is 5.75 Å². The second kappa shape index (κ2) is 8.32. The van der Waals surface area contributed by atoms with E-state index in [1.165, 1.54) is 0 Å². The van der Waals surface area contributed by atoms with Gasteiger partial charge >= 0.3 is 0 Å². The van der Waals surface area contributed by atoms with E-state index in [-0.39, 0.29) is 16.9 Å². The minimum atomic E-state index is -0.755. The Hall–Kier alpha value is -3.72. The van der Waals surface area contributed by atoms with Crippen LogP contribution in [0.2, 0.25) is 0 Å². The summed E-state index contributed by atoms with van der Waals surface area (Å²) in [4.78, 5) is 0. The zero-order valence-corrected chi connectivity index (χ0v) is 19.5. The second-order valence-electron chi connectivity index (χ2n) is 9.36. The van der Waals surface area contributed by atoms with Gasteiger partial charge in [0, 0.05) is 22.0 Å². The molecule has 0 unspecified atom stereocenters. The van der Waals surface area contributed by atoms with E-state index < -0.39 is 5.41 Å². The molecule has 0 heterocycles. The Morgan fingerprint density at radius 3 is 1.45 bits per heavy atom. The third-order valence-corrected chi connectivity index (χ3v) is 6.99. The van der Waals surface area contributed by atoms with Crippen LogP contribution in [-0.2, 0) is 10.8 Å². The molecule has 33 heavy (non-hydrogen) atoms. The van der Waals surface area contributed by atoms with E-state index in [0.717, 1.165) is 33.4 Å². The fraction of sp³-hybridized carbons (Fsp3) is 0.200. The summed E-state index contributed by atoms with van der Waals surface area (Å²) in [5, 5.41) is 31.4. The van der Waals surface area contributed by atoms with E-state index in [1.807, 2.05) is 50.2 Å². The van der Waals surface area contributed by atoms with Gasteiger partial charge in [0.05, 0.1) is 0 Å². The van der Waals surface area contributed by atoms with Crippen molar-refractivity contribution in [1.82, 2.24) is 0 Å². The molecule has 0 spiro atoms. The molecule has 4 aromatic carbocycles. The molecule has 3 N–H and O–H groups in total. The zero-order valence-electron chi connectivity index (χ0n) is 19.5. The first-order valence-electron chi connectivity index (χ1n) is 11.1. The minimum Gasteiger partial charge on any atom is -0.508 e. The van der Waals surface area contributed by atoms with Gasteiger partial charge in [-0.1, -0.05) is 86.6 Å². The molecular formula is C30H30O3. The SMILES string of the molecule is Cc1cc(C(C)(C)c2ccc(C(C)(c3ccccc3O)c3ccccc3O)cc2)ccc1O. The molecule has 0 radical (unpaired) electrons. The number of benzene rings is 4. The number of rotatable bonds is 5. The lowest BCUT2D eigenvalue weighted by molar-refractivity contribution is 0.442. The van der Waals surface area contributed by atoms with E-state index in [4.69, 9.17) is 0 Å². The largest absolute Gasteiger partial charge is 0.508 e. The number of hydrogen-bond donors (Lipinski definition) is 3. The highest BCUT2D eigenvalue weighted by Gasteiger charge is 2.36. The summed E-state index contributed by atoms with van der Waals surface area (Å²) in [5.74, 6) is 0.672. The topological polar surface area (TPSA) is 60.7 Å². The van der Waals surface area contributed by atoms with Crippen molar-refractivity contribution in [3.05, 3.63) is 124 Å². The molecule has 0 bridgehead atoms. The van der Waals surface area contributed by atoms with Crippen LogP contribution in [-0.4, -0.2) is 15.3 Å². The van der Waals surface area contributed by atoms with Gasteiger partial charge in [-0.05, 0) is 54.3 Å². The predicted molar refractivity (Wildman–Crippen MR) is 133 cm³/mol. The number of phenols is 3. The van der Waals surface area contributed by atoms with Crippen molar-refractivity contribution < 1.29 is 15.3 Å².